The summed E-state index contributed by atoms with van der Waals surface area (Å²) in [6, 6.07) is 5.09. The summed E-state index contributed by atoms with van der Waals surface area (Å²) < 4.78 is 55.9. The molecule has 2 N–H and O–H groups in total. The first-order valence-corrected chi connectivity index (χ1v) is 5.47. The van der Waals surface area contributed by atoms with Gasteiger partial charge in [-0.25, -0.2) is 4.39 Å². The SMILES string of the molecule is Cc1ccc(C(N)c2ccc(C(F)(F)F)c(F)c2)o1. The average Bonchev–Trinajstić information content (AvgIpc) is 2.73. The van der Waals surface area contributed by atoms with Crippen LogP contribution in [0.3, 0.4) is 0 Å². The first-order valence-electron chi connectivity index (χ1n) is 5.47. The highest BCUT2D eigenvalue weighted by Crippen LogP contribution is 2.33. The highest BCUT2D eigenvalue weighted by Gasteiger charge is 2.34. The number of aryl methyl sites for hydroxylation is 1. The summed E-state index contributed by atoms with van der Waals surface area (Å²) in [4.78, 5) is 0. The Morgan fingerprint density at radius 3 is 2.32 bits per heavy atom. The van der Waals surface area contributed by atoms with Crippen molar-refractivity contribution in [2.75, 3.05) is 0 Å². The quantitative estimate of drug-likeness (QED) is 0.845. The second-order valence-electron chi connectivity index (χ2n) is 4.16. The fourth-order valence-corrected chi connectivity index (χ4v) is 1.74. The van der Waals surface area contributed by atoms with Gasteiger partial charge in [-0.1, -0.05) is 6.07 Å². The van der Waals surface area contributed by atoms with Crippen molar-refractivity contribution in [2.24, 2.45) is 5.73 Å². The molecular formula is C13H11F4NO. The van der Waals surface area contributed by atoms with E-state index < -0.39 is 23.6 Å². The molecule has 0 aliphatic carbocycles. The molecule has 0 amide bonds. The Labute approximate surface area is 106 Å². The summed E-state index contributed by atoms with van der Waals surface area (Å²) in [5.74, 6) is -0.349. The summed E-state index contributed by atoms with van der Waals surface area (Å²) >= 11 is 0. The molecule has 0 saturated carbocycles. The zero-order valence-electron chi connectivity index (χ0n) is 9.96. The van der Waals surface area contributed by atoms with Gasteiger partial charge >= 0.3 is 6.18 Å². The van der Waals surface area contributed by atoms with Crippen LogP contribution < -0.4 is 5.73 Å². The number of halogens is 4. The Balaban J connectivity index is 2.35. The molecule has 1 aromatic carbocycles. The number of nitrogens with two attached hydrogens (primary N) is 1. The van der Waals surface area contributed by atoms with Gasteiger partial charge in [0.2, 0.25) is 0 Å². The van der Waals surface area contributed by atoms with Crippen LogP contribution in [0.25, 0.3) is 0 Å². The van der Waals surface area contributed by atoms with Gasteiger partial charge in [-0.05, 0) is 36.8 Å². The lowest BCUT2D eigenvalue weighted by Gasteiger charge is -2.12. The van der Waals surface area contributed by atoms with E-state index in [1.807, 2.05) is 0 Å². The standard InChI is InChI=1S/C13H11F4NO/c1-7-2-5-11(19-7)12(18)8-3-4-9(10(14)6-8)13(15,16)17/h2-6,12H,18H2,1H3. The average molecular weight is 273 g/mol. The monoisotopic (exact) mass is 273 g/mol. The maximum atomic E-state index is 13.4. The smallest absolute Gasteiger partial charge is 0.419 e. The number of benzene rings is 1. The number of furan rings is 1. The van der Waals surface area contributed by atoms with Gasteiger partial charge in [0, 0.05) is 0 Å². The van der Waals surface area contributed by atoms with Crippen LogP contribution in [0.4, 0.5) is 17.6 Å². The Morgan fingerprint density at radius 1 is 1.16 bits per heavy atom. The molecule has 102 valence electrons. The Hall–Kier alpha value is -1.82. The third-order valence-corrected chi connectivity index (χ3v) is 2.73. The first kappa shape index (κ1) is 13.6. The lowest BCUT2D eigenvalue weighted by molar-refractivity contribution is -0.140. The van der Waals surface area contributed by atoms with Gasteiger partial charge in [0.25, 0.3) is 0 Å². The van der Waals surface area contributed by atoms with Crippen molar-refractivity contribution in [1.82, 2.24) is 0 Å². The van der Waals surface area contributed by atoms with Crippen molar-refractivity contribution in [3.05, 3.63) is 58.8 Å². The number of hydrogen-bond donors (Lipinski definition) is 1. The van der Waals surface area contributed by atoms with Crippen molar-refractivity contribution < 1.29 is 22.0 Å². The number of rotatable bonds is 2. The van der Waals surface area contributed by atoms with Crippen molar-refractivity contribution in [3.8, 4) is 0 Å². The molecule has 0 bridgehead atoms. The van der Waals surface area contributed by atoms with Crippen molar-refractivity contribution in [2.45, 2.75) is 19.1 Å². The van der Waals surface area contributed by atoms with Gasteiger partial charge in [-0.15, -0.1) is 0 Å². The van der Waals surface area contributed by atoms with Gasteiger partial charge in [-0.2, -0.15) is 13.2 Å². The summed E-state index contributed by atoms with van der Waals surface area (Å²) in [6.07, 6.45) is -4.71. The zero-order valence-corrected chi connectivity index (χ0v) is 9.96. The first-order chi connectivity index (χ1) is 8.79. The van der Waals surface area contributed by atoms with Crippen molar-refractivity contribution >= 4 is 0 Å². The molecule has 1 heterocycles. The molecule has 0 aliphatic heterocycles. The second-order valence-corrected chi connectivity index (χ2v) is 4.16. The van der Waals surface area contributed by atoms with Crippen LogP contribution in [0.5, 0.6) is 0 Å². The van der Waals surface area contributed by atoms with E-state index in [-0.39, 0.29) is 5.56 Å². The highest BCUT2D eigenvalue weighted by atomic mass is 19.4. The molecule has 19 heavy (non-hydrogen) atoms. The van der Waals surface area contributed by atoms with E-state index >= 15 is 0 Å². The number of alkyl halides is 3. The van der Waals surface area contributed by atoms with E-state index in [1.54, 1.807) is 19.1 Å². The van der Waals surface area contributed by atoms with Crippen LogP contribution in [0, 0.1) is 12.7 Å². The Bertz CT molecular complexity index is 589. The molecule has 1 unspecified atom stereocenters. The van der Waals surface area contributed by atoms with Crippen molar-refractivity contribution in [3.63, 3.8) is 0 Å². The Morgan fingerprint density at radius 2 is 1.84 bits per heavy atom. The van der Waals surface area contributed by atoms with Crippen LogP contribution in [0.1, 0.15) is 28.7 Å². The van der Waals surface area contributed by atoms with E-state index in [1.165, 1.54) is 0 Å². The third-order valence-electron chi connectivity index (χ3n) is 2.73. The second kappa shape index (κ2) is 4.70. The summed E-state index contributed by atoms with van der Waals surface area (Å²) in [5, 5.41) is 0. The van der Waals surface area contributed by atoms with E-state index in [0.717, 1.165) is 12.1 Å². The van der Waals surface area contributed by atoms with Crippen molar-refractivity contribution in [1.29, 1.82) is 0 Å². The predicted octanol–water partition coefficient (Wildman–Crippen LogP) is 3.79. The number of hydrogen-bond acceptors (Lipinski definition) is 2. The van der Waals surface area contributed by atoms with E-state index in [9.17, 15) is 17.6 Å². The summed E-state index contributed by atoms with van der Waals surface area (Å²) in [6.45, 7) is 1.71. The van der Waals surface area contributed by atoms with Crippen LogP contribution in [0.2, 0.25) is 0 Å². The minimum Gasteiger partial charge on any atom is -0.464 e. The van der Waals surface area contributed by atoms with E-state index in [0.29, 0.717) is 17.6 Å². The maximum Gasteiger partial charge on any atom is 0.419 e. The Kier molecular flexibility index (Phi) is 3.36. The molecule has 6 heteroatoms. The predicted molar refractivity (Wildman–Crippen MR) is 60.9 cm³/mol. The van der Waals surface area contributed by atoms with E-state index in [2.05, 4.69) is 0 Å². The molecule has 1 atom stereocenters. The third kappa shape index (κ3) is 2.78. The van der Waals surface area contributed by atoms with Gasteiger partial charge in [0.1, 0.15) is 17.3 Å². The fourth-order valence-electron chi connectivity index (χ4n) is 1.74. The van der Waals surface area contributed by atoms with Gasteiger partial charge < -0.3 is 10.2 Å². The summed E-state index contributed by atoms with van der Waals surface area (Å²) in [7, 11) is 0. The maximum absolute atomic E-state index is 13.4. The highest BCUT2D eigenvalue weighted by molar-refractivity contribution is 5.32. The molecule has 0 aliphatic rings. The molecule has 0 saturated heterocycles. The van der Waals surface area contributed by atoms with Crippen LogP contribution in [-0.4, -0.2) is 0 Å². The molecular weight excluding hydrogens is 262 g/mol. The molecule has 0 spiro atoms. The molecule has 2 aromatic rings. The topological polar surface area (TPSA) is 39.2 Å². The van der Waals surface area contributed by atoms with Crippen LogP contribution in [0.15, 0.2) is 34.7 Å². The molecule has 0 radical (unpaired) electrons. The lowest BCUT2D eigenvalue weighted by Crippen LogP contribution is -2.13. The summed E-state index contributed by atoms with van der Waals surface area (Å²) in [5.41, 5.74) is 4.73. The van der Waals surface area contributed by atoms with Gasteiger partial charge in [0.15, 0.2) is 0 Å². The minimum atomic E-state index is -4.71. The minimum absolute atomic E-state index is 0.222. The van der Waals surface area contributed by atoms with Crippen LogP contribution >= 0.6 is 0 Å². The van der Waals surface area contributed by atoms with Gasteiger partial charge in [0.05, 0.1) is 11.6 Å². The zero-order chi connectivity index (χ0) is 14.2. The van der Waals surface area contributed by atoms with Crippen LogP contribution in [-0.2, 0) is 6.18 Å². The molecule has 1 aromatic heterocycles. The fraction of sp³-hybridized carbons (Fsp3) is 0.231. The largest absolute Gasteiger partial charge is 0.464 e. The van der Waals surface area contributed by atoms with Gasteiger partial charge in [-0.3, -0.25) is 0 Å². The molecule has 2 rings (SSSR count). The normalized spacial score (nSPS) is 13.6. The molecule has 2 nitrogen and oxygen atoms in total. The lowest BCUT2D eigenvalue weighted by atomic mass is 10.0. The van der Waals surface area contributed by atoms with E-state index in [4.69, 9.17) is 10.2 Å². The molecule has 0 fully saturated rings.